The Hall–Kier alpha value is -1.36. The van der Waals surface area contributed by atoms with Gasteiger partial charge in [-0.2, -0.15) is 0 Å². The van der Waals surface area contributed by atoms with Crippen molar-refractivity contribution in [3.63, 3.8) is 0 Å². The predicted octanol–water partition coefficient (Wildman–Crippen LogP) is 1.56. The van der Waals surface area contributed by atoms with E-state index in [9.17, 15) is 5.11 Å². The van der Waals surface area contributed by atoms with Crippen molar-refractivity contribution in [3.8, 4) is 0 Å². The van der Waals surface area contributed by atoms with E-state index in [1.165, 1.54) is 19.2 Å². The lowest BCUT2D eigenvalue weighted by Gasteiger charge is -2.27. The monoisotopic (exact) mass is 236 g/mol. The number of hydrogen-bond donors (Lipinski definition) is 3. The Kier molecular flexibility index (Phi) is 3.78. The molecule has 1 fully saturated rings. The zero-order valence-electron chi connectivity index (χ0n) is 10.0. The fourth-order valence-electron chi connectivity index (χ4n) is 2.29. The minimum Gasteiger partial charge on any atom is -0.388 e. The summed E-state index contributed by atoms with van der Waals surface area (Å²) in [7, 11) is 0. The highest BCUT2D eigenvalue weighted by atomic mass is 16.3. The lowest BCUT2D eigenvalue weighted by Crippen LogP contribution is -2.36. The zero-order chi connectivity index (χ0) is 12.1. The van der Waals surface area contributed by atoms with Gasteiger partial charge in [0.15, 0.2) is 0 Å². The molecular weight excluding hydrogens is 216 g/mol. The zero-order valence-corrected chi connectivity index (χ0v) is 10.0. The molecule has 0 unspecified atom stereocenters. The number of hydrogen-bond acceptors (Lipinski definition) is 5. The second-order valence-corrected chi connectivity index (χ2v) is 4.82. The average Bonchev–Trinajstić information content (AvgIpc) is 2.53. The van der Waals surface area contributed by atoms with Crippen LogP contribution in [0.5, 0.6) is 0 Å². The molecule has 5 nitrogen and oxygen atoms in total. The molecule has 0 radical (unpaired) electrons. The fourth-order valence-corrected chi connectivity index (χ4v) is 2.29. The van der Waals surface area contributed by atoms with Crippen LogP contribution in [0.4, 0.5) is 11.6 Å². The quantitative estimate of drug-likeness (QED) is 0.693. The van der Waals surface area contributed by atoms with Gasteiger partial charge in [0.05, 0.1) is 5.60 Å². The number of aromatic nitrogens is 2. The van der Waals surface area contributed by atoms with Gasteiger partial charge in [-0.25, -0.2) is 9.97 Å². The third kappa shape index (κ3) is 3.56. The molecule has 1 heterocycles. The minimum atomic E-state index is -0.601. The number of nitrogen functional groups attached to an aromatic ring is 1. The van der Waals surface area contributed by atoms with Crippen LogP contribution in [0.3, 0.4) is 0 Å². The van der Waals surface area contributed by atoms with E-state index in [1.807, 2.05) is 0 Å². The predicted molar refractivity (Wildman–Crippen MR) is 67.6 cm³/mol. The largest absolute Gasteiger partial charge is 0.388 e. The normalized spacial score (nSPS) is 19.6. The molecule has 1 aliphatic carbocycles. The van der Waals surface area contributed by atoms with Crippen molar-refractivity contribution in [1.29, 1.82) is 0 Å². The first-order chi connectivity index (χ1) is 8.18. The van der Waals surface area contributed by atoms with E-state index in [-0.39, 0.29) is 0 Å². The summed E-state index contributed by atoms with van der Waals surface area (Å²) in [5, 5.41) is 13.6. The van der Waals surface area contributed by atoms with Gasteiger partial charge >= 0.3 is 0 Å². The Morgan fingerprint density at radius 3 is 2.59 bits per heavy atom. The highest BCUT2D eigenvalue weighted by Gasteiger charge is 2.27. The molecule has 17 heavy (non-hydrogen) atoms. The van der Waals surface area contributed by atoms with Crippen LogP contribution in [0.25, 0.3) is 0 Å². The average molecular weight is 236 g/mol. The fraction of sp³-hybridized carbons (Fsp3) is 0.667. The summed E-state index contributed by atoms with van der Waals surface area (Å²) < 4.78 is 0. The summed E-state index contributed by atoms with van der Waals surface area (Å²) in [6, 6.07) is 1.68. The van der Waals surface area contributed by atoms with Gasteiger partial charge in [0, 0.05) is 12.6 Å². The topological polar surface area (TPSA) is 84.1 Å². The van der Waals surface area contributed by atoms with Crippen molar-refractivity contribution in [2.75, 3.05) is 17.6 Å². The van der Waals surface area contributed by atoms with Crippen LogP contribution in [-0.2, 0) is 0 Å². The van der Waals surface area contributed by atoms with E-state index >= 15 is 0 Å². The maximum absolute atomic E-state index is 10.4. The van der Waals surface area contributed by atoms with Crippen LogP contribution in [0.15, 0.2) is 12.4 Å². The van der Waals surface area contributed by atoms with Crippen molar-refractivity contribution < 1.29 is 5.11 Å². The highest BCUT2D eigenvalue weighted by Crippen LogP contribution is 2.27. The molecule has 0 amide bonds. The maximum Gasteiger partial charge on any atom is 0.131 e. The summed E-state index contributed by atoms with van der Waals surface area (Å²) in [4.78, 5) is 7.90. The molecule has 1 aromatic heterocycles. The molecule has 0 aromatic carbocycles. The summed E-state index contributed by atoms with van der Waals surface area (Å²) in [5.74, 6) is 1.12. The number of nitrogens with zero attached hydrogens (tertiary/aromatic N) is 2. The van der Waals surface area contributed by atoms with Crippen molar-refractivity contribution in [2.45, 2.75) is 44.1 Å². The molecule has 0 spiro atoms. The number of nitrogens with one attached hydrogen (secondary N) is 1. The molecule has 0 bridgehead atoms. The van der Waals surface area contributed by atoms with Crippen molar-refractivity contribution in [2.24, 2.45) is 0 Å². The van der Waals surface area contributed by atoms with Gasteiger partial charge in [-0.1, -0.05) is 25.7 Å². The van der Waals surface area contributed by atoms with E-state index < -0.39 is 5.60 Å². The summed E-state index contributed by atoms with van der Waals surface area (Å²) >= 11 is 0. The minimum absolute atomic E-state index is 0.440. The first kappa shape index (κ1) is 12.1. The molecule has 0 saturated heterocycles. The Bertz CT molecular complexity index is 361. The molecule has 0 aliphatic heterocycles. The van der Waals surface area contributed by atoms with Crippen molar-refractivity contribution in [3.05, 3.63) is 12.4 Å². The van der Waals surface area contributed by atoms with Crippen molar-refractivity contribution >= 4 is 11.6 Å². The second kappa shape index (κ2) is 5.31. The van der Waals surface area contributed by atoms with Gasteiger partial charge in [0.25, 0.3) is 0 Å². The first-order valence-corrected chi connectivity index (χ1v) is 6.22. The molecule has 2 rings (SSSR count). The summed E-state index contributed by atoms with van der Waals surface area (Å²) in [6.07, 6.45) is 7.80. The number of aliphatic hydroxyl groups is 1. The van der Waals surface area contributed by atoms with Crippen LogP contribution >= 0.6 is 0 Å². The Balaban J connectivity index is 1.92. The molecule has 1 aromatic rings. The Morgan fingerprint density at radius 2 is 1.94 bits per heavy atom. The first-order valence-electron chi connectivity index (χ1n) is 6.22. The van der Waals surface area contributed by atoms with Gasteiger partial charge in [-0.3, -0.25) is 0 Å². The lowest BCUT2D eigenvalue weighted by molar-refractivity contribution is 0.0380. The summed E-state index contributed by atoms with van der Waals surface area (Å²) in [6.45, 7) is 0.531. The van der Waals surface area contributed by atoms with E-state index in [0.717, 1.165) is 25.7 Å². The van der Waals surface area contributed by atoms with Crippen LogP contribution in [0, 0.1) is 0 Å². The molecule has 4 N–H and O–H groups in total. The van der Waals surface area contributed by atoms with Crippen LogP contribution in [-0.4, -0.2) is 27.2 Å². The van der Waals surface area contributed by atoms with Gasteiger partial charge in [-0.15, -0.1) is 0 Å². The SMILES string of the molecule is Nc1cc(NCC2(O)CCCCCC2)ncn1. The smallest absolute Gasteiger partial charge is 0.131 e. The van der Waals surface area contributed by atoms with Gasteiger partial charge in [-0.05, 0) is 12.8 Å². The van der Waals surface area contributed by atoms with E-state index in [1.54, 1.807) is 6.07 Å². The Morgan fingerprint density at radius 1 is 1.24 bits per heavy atom. The van der Waals surface area contributed by atoms with Crippen LogP contribution in [0.1, 0.15) is 38.5 Å². The van der Waals surface area contributed by atoms with Gasteiger partial charge < -0.3 is 16.2 Å². The van der Waals surface area contributed by atoms with Gasteiger partial charge in [0.2, 0.25) is 0 Å². The molecule has 5 heteroatoms. The van der Waals surface area contributed by atoms with E-state index in [0.29, 0.717) is 18.2 Å². The molecule has 0 atom stereocenters. The number of anilines is 2. The third-order valence-electron chi connectivity index (χ3n) is 3.32. The maximum atomic E-state index is 10.4. The molecule has 94 valence electrons. The molecule has 1 saturated carbocycles. The lowest BCUT2D eigenvalue weighted by atomic mass is 9.94. The van der Waals surface area contributed by atoms with Gasteiger partial charge in [0.1, 0.15) is 18.0 Å². The number of rotatable bonds is 3. The van der Waals surface area contributed by atoms with Crippen LogP contribution in [0.2, 0.25) is 0 Å². The standard InChI is InChI=1S/C12H20N4O/c13-10-7-11(16-9-15-10)14-8-12(17)5-3-1-2-4-6-12/h7,9,17H,1-6,8H2,(H3,13,14,15,16). The number of nitrogens with two attached hydrogens (primary N) is 1. The Labute approximate surface area is 101 Å². The molecular formula is C12H20N4O. The highest BCUT2D eigenvalue weighted by molar-refractivity contribution is 5.43. The molecule has 1 aliphatic rings. The van der Waals surface area contributed by atoms with Crippen molar-refractivity contribution in [1.82, 2.24) is 9.97 Å². The third-order valence-corrected chi connectivity index (χ3v) is 3.32. The van der Waals surface area contributed by atoms with Crippen LogP contribution < -0.4 is 11.1 Å². The summed E-state index contributed by atoms with van der Waals surface area (Å²) in [5.41, 5.74) is 4.97. The van der Waals surface area contributed by atoms with E-state index in [4.69, 9.17) is 5.73 Å². The second-order valence-electron chi connectivity index (χ2n) is 4.82. The van der Waals surface area contributed by atoms with E-state index in [2.05, 4.69) is 15.3 Å².